The van der Waals surface area contributed by atoms with Crippen molar-refractivity contribution in [2.24, 2.45) is 5.92 Å². The number of benzene rings is 2. The zero-order valence-corrected chi connectivity index (χ0v) is 13.8. The standard InChI is InChI=1S/C18H16ClFN2O2/c1-11-5-6-16(15(19)9-11)22-8-7-14(18(22)24)17(23)21-13-4-2-3-12(20)10-13/h2-6,9-10,14H,7-8H2,1H3,(H,21,23). The Morgan fingerprint density at radius 2 is 2.08 bits per heavy atom. The van der Waals surface area contributed by atoms with Gasteiger partial charge in [0.05, 0.1) is 10.7 Å². The third-order valence-electron chi connectivity index (χ3n) is 4.01. The molecule has 24 heavy (non-hydrogen) atoms. The Morgan fingerprint density at radius 3 is 2.79 bits per heavy atom. The van der Waals surface area contributed by atoms with Gasteiger partial charge in [-0.15, -0.1) is 0 Å². The predicted octanol–water partition coefficient (Wildman–Crippen LogP) is 3.78. The Labute approximate surface area is 144 Å². The second-order valence-corrected chi connectivity index (χ2v) is 6.19. The highest BCUT2D eigenvalue weighted by molar-refractivity contribution is 6.34. The van der Waals surface area contributed by atoms with Crippen LogP contribution < -0.4 is 10.2 Å². The number of hydrogen-bond acceptors (Lipinski definition) is 2. The molecule has 2 amide bonds. The monoisotopic (exact) mass is 346 g/mol. The van der Waals surface area contributed by atoms with Crippen molar-refractivity contribution in [3.63, 3.8) is 0 Å². The van der Waals surface area contributed by atoms with E-state index in [1.54, 1.807) is 18.2 Å². The van der Waals surface area contributed by atoms with Crippen LogP contribution in [0.3, 0.4) is 0 Å². The molecule has 1 atom stereocenters. The maximum Gasteiger partial charge on any atom is 0.239 e. The number of nitrogens with one attached hydrogen (secondary N) is 1. The molecular formula is C18H16ClFN2O2. The molecule has 1 aliphatic rings. The van der Waals surface area contributed by atoms with Crippen LogP contribution in [0.2, 0.25) is 5.02 Å². The molecule has 0 saturated carbocycles. The molecule has 0 bridgehead atoms. The van der Waals surface area contributed by atoms with Crippen molar-refractivity contribution >= 4 is 34.8 Å². The van der Waals surface area contributed by atoms with Gasteiger partial charge in [-0.3, -0.25) is 9.59 Å². The van der Waals surface area contributed by atoms with Gasteiger partial charge in [-0.05, 0) is 49.2 Å². The molecular weight excluding hydrogens is 331 g/mol. The number of carbonyl (C=O) groups is 2. The van der Waals surface area contributed by atoms with Gasteiger partial charge in [0.1, 0.15) is 11.7 Å². The first-order valence-corrected chi connectivity index (χ1v) is 7.97. The molecule has 1 saturated heterocycles. The third-order valence-corrected chi connectivity index (χ3v) is 4.31. The highest BCUT2D eigenvalue weighted by atomic mass is 35.5. The molecule has 2 aromatic rings. The van der Waals surface area contributed by atoms with Crippen molar-refractivity contribution in [3.05, 3.63) is 58.9 Å². The van der Waals surface area contributed by atoms with Gasteiger partial charge in [0.25, 0.3) is 0 Å². The van der Waals surface area contributed by atoms with Crippen LogP contribution in [-0.4, -0.2) is 18.4 Å². The second kappa shape index (κ2) is 6.61. The third kappa shape index (κ3) is 3.26. The summed E-state index contributed by atoms with van der Waals surface area (Å²) in [5.41, 5.74) is 1.93. The predicted molar refractivity (Wildman–Crippen MR) is 91.7 cm³/mol. The molecule has 4 nitrogen and oxygen atoms in total. The smallest absolute Gasteiger partial charge is 0.239 e. The molecule has 0 radical (unpaired) electrons. The fourth-order valence-electron chi connectivity index (χ4n) is 2.79. The van der Waals surface area contributed by atoms with E-state index in [0.29, 0.717) is 29.4 Å². The number of carbonyl (C=O) groups excluding carboxylic acids is 2. The number of anilines is 2. The van der Waals surface area contributed by atoms with Crippen LogP contribution in [0.4, 0.5) is 15.8 Å². The molecule has 2 aromatic carbocycles. The summed E-state index contributed by atoms with van der Waals surface area (Å²) in [6.45, 7) is 2.33. The molecule has 0 aromatic heterocycles. The van der Waals surface area contributed by atoms with Crippen LogP contribution in [-0.2, 0) is 9.59 Å². The minimum absolute atomic E-state index is 0.297. The molecule has 0 spiro atoms. The van der Waals surface area contributed by atoms with E-state index in [4.69, 9.17) is 11.6 Å². The van der Waals surface area contributed by atoms with E-state index in [1.165, 1.54) is 23.1 Å². The van der Waals surface area contributed by atoms with Gasteiger partial charge in [-0.25, -0.2) is 4.39 Å². The SMILES string of the molecule is Cc1ccc(N2CCC(C(=O)Nc3cccc(F)c3)C2=O)c(Cl)c1. The first-order chi connectivity index (χ1) is 11.5. The van der Waals surface area contributed by atoms with E-state index in [-0.39, 0.29) is 5.91 Å². The summed E-state index contributed by atoms with van der Waals surface area (Å²) in [4.78, 5) is 26.4. The van der Waals surface area contributed by atoms with Crippen LogP contribution in [0.25, 0.3) is 0 Å². The topological polar surface area (TPSA) is 49.4 Å². The zero-order valence-electron chi connectivity index (χ0n) is 13.1. The summed E-state index contributed by atoms with van der Waals surface area (Å²) in [6, 6.07) is 11.0. The van der Waals surface area contributed by atoms with E-state index in [1.807, 2.05) is 13.0 Å². The number of rotatable bonds is 3. The minimum Gasteiger partial charge on any atom is -0.325 e. The Kier molecular flexibility index (Phi) is 4.53. The van der Waals surface area contributed by atoms with Crippen molar-refractivity contribution in [2.45, 2.75) is 13.3 Å². The average Bonchev–Trinajstić information content (AvgIpc) is 2.89. The largest absolute Gasteiger partial charge is 0.325 e. The molecule has 1 N–H and O–H groups in total. The van der Waals surface area contributed by atoms with Crippen molar-refractivity contribution < 1.29 is 14.0 Å². The van der Waals surface area contributed by atoms with Crippen LogP contribution >= 0.6 is 11.6 Å². The fourth-order valence-corrected chi connectivity index (χ4v) is 3.13. The molecule has 124 valence electrons. The molecule has 0 aliphatic carbocycles. The molecule has 1 heterocycles. The highest BCUT2D eigenvalue weighted by Crippen LogP contribution is 2.32. The van der Waals surface area contributed by atoms with Crippen molar-refractivity contribution in [1.29, 1.82) is 0 Å². The lowest BCUT2D eigenvalue weighted by Gasteiger charge is -2.18. The van der Waals surface area contributed by atoms with Crippen molar-refractivity contribution in [1.82, 2.24) is 0 Å². The maximum atomic E-state index is 13.2. The van der Waals surface area contributed by atoms with E-state index >= 15 is 0 Å². The van der Waals surface area contributed by atoms with E-state index in [2.05, 4.69) is 5.32 Å². The van der Waals surface area contributed by atoms with Crippen LogP contribution in [0.15, 0.2) is 42.5 Å². The van der Waals surface area contributed by atoms with Crippen molar-refractivity contribution in [3.8, 4) is 0 Å². The summed E-state index contributed by atoms with van der Waals surface area (Å²) in [5.74, 6) is -1.98. The summed E-state index contributed by atoms with van der Waals surface area (Å²) in [6.07, 6.45) is 0.393. The van der Waals surface area contributed by atoms with E-state index in [9.17, 15) is 14.0 Å². The lowest BCUT2D eigenvalue weighted by Crippen LogP contribution is -2.33. The number of aryl methyl sites for hydroxylation is 1. The van der Waals surface area contributed by atoms with E-state index < -0.39 is 17.6 Å². The zero-order chi connectivity index (χ0) is 17.3. The van der Waals surface area contributed by atoms with Crippen LogP contribution in [0.5, 0.6) is 0 Å². The molecule has 1 aliphatic heterocycles. The van der Waals surface area contributed by atoms with Crippen LogP contribution in [0.1, 0.15) is 12.0 Å². The van der Waals surface area contributed by atoms with E-state index in [0.717, 1.165) is 5.56 Å². The van der Waals surface area contributed by atoms with Gasteiger partial charge in [0.2, 0.25) is 11.8 Å². The number of halogens is 2. The molecule has 3 rings (SSSR count). The fraction of sp³-hybridized carbons (Fsp3) is 0.222. The summed E-state index contributed by atoms with van der Waals surface area (Å²) >= 11 is 6.21. The Morgan fingerprint density at radius 1 is 1.29 bits per heavy atom. The Balaban J connectivity index is 1.75. The normalized spacial score (nSPS) is 17.2. The van der Waals surface area contributed by atoms with Gasteiger partial charge >= 0.3 is 0 Å². The average molecular weight is 347 g/mol. The number of nitrogens with zero attached hydrogens (tertiary/aromatic N) is 1. The lowest BCUT2D eigenvalue weighted by atomic mass is 10.1. The summed E-state index contributed by atoms with van der Waals surface area (Å²) < 4.78 is 13.2. The summed E-state index contributed by atoms with van der Waals surface area (Å²) in [5, 5.41) is 3.07. The Hall–Kier alpha value is -2.40. The van der Waals surface area contributed by atoms with Gasteiger partial charge < -0.3 is 10.2 Å². The van der Waals surface area contributed by atoms with Crippen molar-refractivity contribution in [2.75, 3.05) is 16.8 Å². The molecule has 6 heteroatoms. The number of amides is 2. The molecule has 1 unspecified atom stereocenters. The highest BCUT2D eigenvalue weighted by Gasteiger charge is 2.38. The Bertz CT molecular complexity index is 809. The van der Waals surface area contributed by atoms with Gasteiger partial charge in [0.15, 0.2) is 0 Å². The molecule has 1 fully saturated rings. The second-order valence-electron chi connectivity index (χ2n) is 5.79. The van der Waals surface area contributed by atoms with Crippen LogP contribution in [0, 0.1) is 18.7 Å². The first-order valence-electron chi connectivity index (χ1n) is 7.59. The maximum absolute atomic E-state index is 13.2. The lowest BCUT2D eigenvalue weighted by molar-refractivity contribution is -0.129. The van der Waals surface area contributed by atoms with Gasteiger partial charge in [-0.1, -0.05) is 23.7 Å². The van der Waals surface area contributed by atoms with Gasteiger partial charge in [-0.2, -0.15) is 0 Å². The summed E-state index contributed by atoms with van der Waals surface area (Å²) in [7, 11) is 0. The minimum atomic E-state index is -0.800. The quantitative estimate of drug-likeness (QED) is 0.860. The van der Waals surface area contributed by atoms with Gasteiger partial charge in [0, 0.05) is 12.2 Å². The number of hydrogen-bond donors (Lipinski definition) is 1. The first kappa shape index (κ1) is 16.5.